The van der Waals surface area contributed by atoms with Gasteiger partial charge < -0.3 is 4.90 Å². The van der Waals surface area contributed by atoms with Crippen molar-refractivity contribution < 1.29 is 13.2 Å². The lowest BCUT2D eigenvalue weighted by Gasteiger charge is -2.24. The van der Waals surface area contributed by atoms with E-state index >= 15 is 0 Å². The van der Waals surface area contributed by atoms with Crippen LogP contribution >= 0.6 is 11.8 Å². The summed E-state index contributed by atoms with van der Waals surface area (Å²) in [4.78, 5) is 18.9. The maximum atomic E-state index is 12.6. The van der Waals surface area contributed by atoms with Gasteiger partial charge in [0.2, 0.25) is 0 Å². The minimum absolute atomic E-state index is 0.0859. The highest BCUT2D eigenvalue weighted by molar-refractivity contribution is 8.16. The summed E-state index contributed by atoms with van der Waals surface area (Å²) in [5, 5.41) is 0.517. The van der Waals surface area contributed by atoms with Gasteiger partial charge in [0, 0.05) is 10.9 Å². The molecule has 7 heteroatoms. The Morgan fingerprint density at radius 1 is 1.04 bits per heavy atom. The summed E-state index contributed by atoms with van der Waals surface area (Å²) in [6, 6.07) is 15.6. The number of benzene rings is 2. The first kappa shape index (κ1) is 19.2. The maximum absolute atomic E-state index is 12.6. The lowest BCUT2D eigenvalue weighted by atomic mass is 10.1. The van der Waals surface area contributed by atoms with Crippen molar-refractivity contribution in [2.45, 2.75) is 31.6 Å². The number of hydrogen-bond donors (Lipinski definition) is 0. The molecule has 0 N–H and O–H groups in total. The third-order valence-electron chi connectivity index (χ3n) is 5.08. The van der Waals surface area contributed by atoms with Crippen LogP contribution in [0.2, 0.25) is 0 Å². The first-order valence-electron chi connectivity index (χ1n) is 9.21. The molecule has 2 saturated heterocycles. The molecule has 0 spiro atoms. The Morgan fingerprint density at radius 2 is 1.64 bits per heavy atom. The van der Waals surface area contributed by atoms with Crippen LogP contribution in [0.15, 0.2) is 53.5 Å². The van der Waals surface area contributed by atoms with E-state index in [1.165, 1.54) is 11.8 Å². The van der Waals surface area contributed by atoms with Gasteiger partial charge in [0.1, 0.15) is 0 Å². The van der Waals surface area contributed by atoms with Crippen LogP contribution in [0.3, 0.4) is 0 Å². The van der Waals surface area contributed by atoms with Gasteiger partial charge in [-0.1, -0.05) is 59.3 Å². The van der Waals surface area contributed by atoms with E-state index in [0.29, 0.717) is 5.17 Å². The predicted octanol–water partition coefficient (Wildman–Crippen LogP) is 3.15. The topological polar surface area (TPSA) is 66.8 Å². The van der Waals surface area contributed by atoms with E-state index in [4.69, 9.17) is 0 Å². The van der Waals surface area contributed by atoms with Crippen molar-refractivity contribution in [3.05, 3.63) is 65.2 Å². The molecule has 146 valence electrons. The quantitative estimate of drug-likeness (QED) is 0.772. The lowest BCUT2D eigenvalue weighted by Crippen LogP contribution is -2.37. The fourth-order valence-corrected chi connectivity index (χ4v) is 7.53. The molecule has 28 heavy (non-hydrogen) atoms. The number of nitrogens with zero attached hydrogens (tertiary/aromatic N) is 2. The third kappa shape index (κ3) is 4.00. The molecule has 2 aromatic carbocycles. The van der Waals surface area contributed by atoms with Crippen LogP contribution in [0.25, 0.3) is 0 Å². The number of rotatable bonds is 3. The number of aliphatic imine (C=N–C) groups is 1. The zero-order chi connectivity index (χ0) is 19.9. The van der Waals surface area contributed by atoms with Gasteiger partial charge in [0.15, 0.2) is 15.0 Å². The number of amides is 1. The summed E-state index contributed by atoms with van der Waals surface area (Å²) < 4.78 is 24.3. The summed E-state index contributed by atoms with van der Waals surface area (Å²) in [6.45, 7) is 4.01. The Hall–Kier alpha value is -2.12. The average molecular weight is 415 g/mol. The monoisotopic (exact) mass is 414 g/mol. The SMILES string of the molecule is Cc1ccc(CC(=O)N=C2S[C@H]3CS(=O)(=O)C[C@H]3N2c2ccc(C)cc2)cc1. The van der Waals surface area contributed by atoms with Crippen molar-refractivity contribution in [3.8, 4) is 0 Å². The zero-order valence-electron chi connectivity index (χ0n) is 15.8. The normalized spacial score (nSPS) is 24.5. The van der Waals surface area contributed by atoms with Crippen molar-refractivity contribution in [3.63, 3.8) is 0 Å². The summed E-state index contributed by atoms with van der Waals surface area (Å²) in [7, 11) is -3.06. The second-order valence-corrected chi connectivity index (χ2v) is 10.8. The molecule has 0 unspecified atom stereocenters. The minimum atomic E-state index is -3.06. The first-order chi connectivity index (χ1) is 13.3. The number of amidine groups is 1. The second-order valence-electron chi connectivity index (χ2n) is 7.46. The van der Waals surface area contributed by atoms with E-state index in [2.05, 4.69) is 4.99 Å². The van der Waals surface area contributed by atoms with Crippen LogP contribution in [-0.4, -0.2) is 42.3 Å². The molecule has 2 atom stereocenters. The van der Waals surface area contributed by atoms with Crippen LogP contribution in [-0.2, 0) is 21.1 Å². The molecule has 0 aliphatic carbocycles. The van der Waals surface area contributed by atoms with E-state index in [-0.39, 0.29) is 35.1 Å². The number of anilines is 1. The van der Waals surface area contributed by atoms with Gasteiger partial charge in [0.25, 0.3) is 5.91 Å². The van der Waals surface area contributed by atoms with Crippen LogP contribution in [0.5, 0.6) is 0 Å². The summed E-state index contributed by atoms with van der Waals surface area (Å²) in [5.41, 5.74) is 4.07. The Balaban J connectivity index is 1.62. The molecule has 0 saturated carbocycles. The van der Waals surface area contributed by atoms with Crippen molar-refractivity contribution in [1.29, 1.82) is 0 Å². The molecule has 2 aliphatic heterocycles. The maximum Gasteiger partial charge on any atom is 0.252 e. The average Bonchev–Trinajstić information content (AvgIpc) is 3.09. The van der Waals surface area contributed by atoms with Gasteiger partial charge in [-0.25, -0.2) is 8.42 Å². The van der Waals surface area contributed by atoms with Gasteiger partial charge in [-0.2, -0.15) is 4.99 Å². The number of aryl methyl sites for hydroxylation is 2. The Morgan fingerprint density at radius 3 is 2.29 bits per heavy atom. The molecule has 0 bridgehead atoms. The molecule has 0 aromatic heterocycles. The van der Waals surface area contributed by atoms with Crippen molar-refractivity contribution in [2.24, 2.45) is 4.99 Å². The Kier molecular flexibility index (Phi) is 5.05. The van der Waals surface area contributed by atoms with E-state index in [1.807, 2.05) is 67.3 Å². The van der Waals surface area contributed by atoms with Gasteiger partial charge in [-0.3, -0.25) is 4.79 Å². The lowest BCUT2D eigenvalue weighted by molar-refractivity contribution is -0.117. The fourth-order valence-electron chi connectivity index (χ4n) is 3.60. The van der Waals surface area contributed by atoms with Gasteiger partial charge >= 0.3 is 0 Å². The van der Waals surface area contributed by atoms with Crippen LogP contribution in [0.4, 0.5) is 5.69 Å². The number of carbonyl (C=O) groups excluding carboxylic acids is 1. The third-order valence-corrected chi connectivity index (χ3v) is 8.28. The summed E-state index contributed by atoms with van der Waals surface area (Å²) >= 11 is 1.41. The first-order valence-corrected chi connectivity index (χ1v) is 11.9. The molecule has 2 fully saturated rings. The molecule has 0 radical (unpaired) electrons. The van der Waals surface area contributed by atoms with E-state index in [1.54, 1.807) is 0 Å². The molecule has 5 nitrogen and oxygen atoms in total. The second kappa shape index (κ2) is 7.37. The molecule has 2 aromatic rings. The Labute approximate surface area is 169 Å². The highest BCUT2D eigenvalue weighted by atomic mass is 32.2. The van der Waals surface area contributed by atoms with Gasteiger partial charge in [-0.05, 0) is 31.5 Å². The van der Waals surface area contributed by atoms with E-state index in [9.17, 15) is 13.2 Å². The zero-order valence-corrected chi connectivity index (χ0v) is 17.5. The predicted molar refractivity (Wildman–Crippen MR) is 115 cm³/mol. The Bertz CT molecular complexity index is 1030. The van der Waals surface area contributed by atoms with Crippen molar-refractivity contribution >= 4 is 38.4 Å². The summed E-state index contributed by atoms with van der Waals surface area (Å²) in [6.07, 6.45) is 0.236. The highest BCUT2D eigenvalue weighted by Crippen LogP contribution is 2.41. The van der Waals surface area contributed by atoms with Gasteiger partial charge in [0.05, 0.1) is 24.0 Å². The minimum Gasteiger partial charge on any atom is -0.316 e. The molecule has 1 amide bonds. The number of thioether (sulfide) groups is 1. The fraction of sp³-hybridized carbons (Fsp3) is 0.333. The number of hydrogen-bond acceptors (Lipinski definition) is 4. The van der Waals surface area contributed by atoms with E-state index in [0.717, 1.165) is 22.4 Å². The van der Waals surface area contributed by atoms with Crippen molar-refractivity contribution in [1.82, 2.24) is 0 Å². The number of sulfone groups is 1. The molecule has 2 aliphatic rings. The summed E-state index contributed by atoms with van der Waals surface area (Å²) in [5.74, 6) is 0.0193. The molecule has 4 rings (SSSR count). The highest BCUT2D eigenvalue weighted by Gasteiger charge is 2.49. The van der Waals surface area contributed by atoms with Gasteiger partial charge in [-0.15, -0.1) is 0 Å². The van der Waals surface area contributed by atoms with E-state index < -0.39 is 9.84 Å². The van der Waals surface area contributed by atoms with Crippen LogP contribution in [0.1, 0.15) is 16.7 Å². The molecule has 2 heterocycles. The standard InChI is InChI=1S/C21H22N2O3S2/c1-14-3-7-16(8-4-14)11-20(24)22-21-23(17-9-5-15(2)6-10-17)18-12-28(25,26)13-19(18)27-21/h3-10,18-19H,11-13H2,1-2H3/t18-,19+/m1/s1. The largest absolute Gasteiger partial charge is 0.316 e. The van der Waals surface area contributed by atoms with Crippen LogP contribution < -0.4 is 4.90 Å². The van der Waals surface area contributed by atoms with Crippen molar-refractivity contribution in [2.75, 3.05) is 16.4 Å². The molecular formula is C21H22N2O3S2. The molecular weight excluding hydrogens is 392 g/mol. The number of fused-ring (bicyclic) bond motifs is 1. The van der Waals surface area contributed by atoms with Crippen LogP contribution in [0, 0.1) is 13.8 Å². The smallest absolute Gasteiger partial charge is 0.252 e. The number of carbonyl (C=O) groups is 1.